The molecule has 0 unspecified atom stereocenters. The largest absolute Gasteiger partial charge is 3.00 e. The van der Waals surface area contributed by atoms with Crippen molar-refractivity contribution in [1.29, 1.82) is 0 Å². The van der Waals surface area contributed by atoms with Crippen molar-refractivity contribution in [3.05, 3.63) is 134 Å². The number of hydrogen-bond acceptors (Lipinski definition) is 3. The van der Waals surface area contributed by atoms with Gasteiger partial charge in [0.15, 0.2) is 0 Å². The molecule has 1 aliphatic heterocycles. The van der Waals surface area contributed by atoms with Crippen molar-refractivity contribution in [1.82, 2.24) is 4.98 Å². The molecule has 2 heterocycles. The Morgan fingerprint density at radius 2 is 1.56 bits per heavy atom. The quantitative estimate of drug-likeness (QED) is 0.260. The molecule has 0 bridgehead atoms. The predicted molar refractivity (Wildman–Crippen MR) is 119 cm³/mol. The summed E-state index contributed by atoms with van der Waals surface area (Å²) in [7, 11) is 0. The van der Waals surface area contributed by atoms with Gasteiger partial charge in [-0.3, -0.25) is 8.78 Å². The molecule has 1 aliphatic rings. The first kappa shape index (κ1) is 23.3. The Bertz CT molecular complexity index is 1090. The van der Waals surface area contributed by atoms with E-state index in [0.29, 0.717) is 5.69 Å². The Morgan fingerprint density at radius 1 is 0.812 bits per heavy atom. The van der Waals surface area contributed by atoms with E-state index in [1.807, 2.05) is 66.4 Å². The Labute approximate surface area is 200 Å². The topological polar surface area (TPSA) is 19.4 Å². The minimum absolute atomic E-state index is 0. The summed E-state index contributed by atoms with van der Waals surface area (Å²) in [5, 5.41) is 0. The fourth-order valence-corrected chi connectivity index (χ4v) is 2.95. The maximum Gasteiger partial charge on any atom is 3.00 e. The molecule has 160 valence electrons. The van der Waals surface area contributed by atoms with Gasteiger partial charge in [-0.1, -0.05) is 42.0 Å². The molecular weight excluding hydrogens is 585 g/mol. The Hall–Kier alpha value is -3.34. The van der Waals surface area contributed by atoms with Crippen LogP contribution in [0.25, 0.3) is 11.3 Å². The molecule has 0 radical (unpaired) electrons. The van der Waals surface area contributed by atoms with E-state index < -0.39 is 11.6 Å². The van der Waals surface area contributed by atoms with E-state index in [1.54, 1.807) is 24.4 Å². The number of aromatic nitrogens is 1. The first-order valence-electron chi connectivity index (χ1n) is 9.60. The van der Waals surface area contributed by atoms with Crippen LogP contribution in [0.15, 0.2) is 104 Å². The number of para-hydroxylation sites is 2. The van der Waals surface area contributed by atoms with Gasteiger partial charge in [0.2, 0.25) is 0 Å². The summed E-state index contributed by atoms with van der Waals surface area (Å²) in [4.78, 5) is 8.08. The van der Waals surface area contributed by atoms with Crippen LogP contribution in [0, 0.1) is 30.4 Å². The van der Waals surface area contributed by atoms with Crippen molar-refractivity contribution in [3.8, 4) is 11.3 Å². The SMILES string of the molecule is Fc1c[c-]c(-c2ccccn2)c(F)c1.[Ir+3].[c-]1ccccc1N1C=CN(c2ccccc2)[CH-]1. The molecule has 0 aliphatic carbocycles. The fraction of sp³-hybridized carbons (Fsp3) is 0. The summed E-state index contributed by atoms with van der Waals surface area (Å²) in [6.07, 6.45) is 5.61. The van der Waals surface area contributed by atoms with Gasteiger partial charge in [-0.05, 0) is 36.3 Å². The van der Waals surface area contributed by atoms with Crippen LogP contribution < -0.4 is 9.80 Å². The second-order valence-corrected chi connectivity index (χ2v) is 6.57. The van der Waals surface area contributed by atoms with Crippen LogP contribution >= 0.6 is 0 Å². The molecule has 0 spiro atoms. The standard InChI is InChI=1S/C15H12N2.C11H6F2N.Ir/c1-3-7-14(8-4-1)16-11-12-17(13-16)15-9-5-2-6-10-15;12-8-4-5-9(10(13)7-8)11-3-1-2-6-14-11;/h1-9,11-13H;1-4,6-7H;/q-2;-1;+3. The molecule has 32 heavy (non-hydrogen) atoms. The van der Waals surface area contributed by atoms with E-state index in [0.717, 1.165) is 23.5 Å². The maximum atomic E-state index is 13.2. The van der Waals surface area contributed by atoms with Gasteiger partial charge in [-0.2, -0.15) is 30.3 Å². The number of halogens is 2. The second-order valence-electron chi connectivity index (χ2n) is 6.57. The molecule has 1 aromatic heterocycles. The number of rotatable bonds is 3. The van der Waals surface area contributed by atoms with Crippen LogP contribution in [0.3, 0.4) is 0 Å². The summed E-state index contributed by atoms with van der Waals surface area (Å²) in [5.74, 6) is -1.29. The van der Waals surface area contributed by atoms with Crippen LogP contribution in [0.4, 0.5) is 20.2 Å². The third-order valence-corrected chi connectivity index (χ3v) is 4.44. The molecule has 3 nitrogen and oxygen atoms in total. The van der Waals surface area contributed by atoms with E-state index in [4.69, 9.17) is 0 Å². The van der Waals surface area contributed by atoms with Crippen molar-refractivity contribution < 1.29 is 28.9 Å². The number of pyridine rings is 1. The monoisotopic (exact) mass is 603 g/mol. The summed E-state index contributed by atoms with van der Waals surface area (Å²) >= 11 is 0. The van der Waals surface area contributed by atoms with Gasteiger partial charge in [0.05, 0.1) is 0 Å². The smallest absolute Gasteiger partial charge is 0.500 e. The van der Waals surface area contributed by atoms with Gasteiger partial charge in [-0.15, -0.1) is 24.5 Å². The molecule has 0 saturated carbocycles. The summed E-state index contributed by atoms with van der Waals surface area (Å²) in [6.45, 7) is 2.04. The van der Waals surface area contributed by atoms with Gasteiger partial charge in [0.1, 0.15) is 0 Å². The zero-order chi connectivity index (χ0) is 21.5. The molecule has 0 fully saturated rings. The van der Waals surface area contributed by atoms with Gasteiger partial charge < -0.3 is 14.8 Å². The minimum Gasteiger partial charge on any atom is -0.500 e. The van der Waals surface area contributed by atoms with Crippen LogP contribution in [-0.2, 0) is 20.1 Å². The van der Waals surface area contributed by atoms with Gasteiger partial charge >= 0.3 is 20.1 Å². The van der Waals surface area contributed by atoms with E-state index in [2.05, 4.69) is 34.1 Å². The number of anilines is 2. The Kier molecular flexibility index (Phi) is 8.26. The Balaban J connectivity index is 0.000000178. The van der Waals surface area contributed by atoms with Crippen molar-refractivity contribution >= 4 is 11.4 Å². The van der Waals surface area contributed by atoms with E-state index in [-0.39, 0.29) is 25.7 Å². The molecule has 3 aromatic carbocycles. The average Bonchev–Trinajstić information content (AvgIpc) is 3.32. The van der Waals surface area contributed by atoms with Gasteiger partial charge in [0.25, 0.3) is 0 Å². The molecule has 4 aromatic rings. The third-order valence-electron chi connectivity index (χ3n) is 4.44. The first-order chi connectivity index (χ1) is 15.2. The second kappa shape index (κ2) is 11.3. The van der Waals surface area contributed by atoms with Crippen molar-refractivity contribution in [3.63, 3.8) is 0 Å². The van der Waals surface area contributed by atoms with Crippen molar-refractivity contribution in [2.75, 3.05) is 9.80 Å². The molecule has 5 rings (SSSR count). The third kappa shape index (κ3) is 5.88. The van der Waals surface area contributed by atoms with E-state index >= 15 is 0 Å². The van der Waals surface area contributed by atoms with Crippen LogP contribution in [0.5, 0.6) is 0 Å². The van der Waals surface area contributed by atoms with Crippen LogP contribution in [0.2, 0.25) is 0 Å². The summed E-state index contributed by atoms with van der Waals surface area (Å²) < 4.78 is 25.8. The summed E-state index contributed by atoms with van der Waals surface area (Å²) in [6, 6.07) is 30.9. The molecule has 0 amide bonds. The van der Waals surface area contributed by atoms with Crippen LogP contribution in [-0.4, -0.2) is 4.98 Å². The normalized spacial score (nSPS) is 12.1. The fourth-order valence-electron chi connectivity index (χ4n) is 2.95. The number of hydrogen-bond donors (Lipinski definition) is 0. The molecule has 0 N–H and O–H groups in total. The summed E-state index contributed by atoms with van der Waals surface area (Å²) in [5.41, 5.74) is 2.83. The zero-order valence-corrected chi connectivity index (χ0v) is 19.2. The molecule has 6 heteroatoms. The molecule has 0 saturated heterocycles. The van der Waals surface area contributed by atoms with Crippen molar-refractivity contribution in [2.45, 2.75) is 0 Å². The number of benzene rings is 3. The van der Waals surface area contributed by atoms with Crippen LogP contribution in [0.1, 0.15) is 0 Å². The molecule has 0 atom stereocenters. The number of nitrogens with zero attached hydrogens (tertiary/aromatic N) is 3. The van der Waals surface area contributed by atoms with Crippen molar-refractivity contribution in [2.24, 2.45) is 0 Å². The molecular formula is C26H18F2IrN3. The van der Waals surface area contributed by atoms with Gasteiger partial charge in [0, 0.05) is 23.5 Å². The predicted octanol–water partition coefficient (Wildman–Crippen LogP) is 6.23. The minimum atomic E-state index is -0.649. The van der Waals surface area contributed by atoms with Gasteiger partial charge in [-0.25, -0.2) is 0 Å². The maximum absolute atomic E-state index is 13.2. The zero-order valence-electron chi connectivity index (χ0n) is 16.8. The average molecular weight is 603 g/mol. The van der Waals surface area contributed by atoms with E-state index in [9.17, 15) is 8.78 Å². The first-order valence-corrected chi connectivity index (χ1v) is 9.60. The Morgan fingerprint density at radius 3 is 2.25 bits per heavy atom. The van der Waals surface area contributed by atoms with E-state index in [1.165, 1.54) is 0 Å².